The van der Waals surface area contributed by atoms with Gasteiger partial charge in [-0.1, -0.05) is 19.8 Å². The number of benzene rings is 2. The highest BCUT2D eigenvalue weighted by Gasteiger charge is 2.11. The molecule has 1 heterocycles. The van der Waals surface area contributed by atoms with E-state index in [9.17, 15) is 0 Å². The van der Waals surface area contributed by atoms with E-state index >= 15 is 0 Å². The number of hydrogen-bond donors (Lipinski definition) is 1. The number of nitrogens with one attached hydrogen (secondary N) is 1. The van der Waals surface area contributed by atoms with Crippen LogP contribution < -0.4 is 14.2 Å². The van der Waals surface area contributed by atoms with Crippen LogP contribution in [-0.2, 0) is 0 Å². The van der Waals surface area contributed by atoms with Gasteiger partial charge in [-0.2, -0.15) is 0 Å². The molecule has 0 spiro atoms. The molecule has 5 heteroatoms. The standard InChI is InChI=1S/C20H24N2O3/c1-4-5-6-11-25-15-9-7-14(8-10-15)20-21-16-12-18(23-2)19(24-3)13-17(16)22-20/h7-10,12-13H,4-6,11H2,1-3H3,(H,21,22). The van der Waals surface area contributed by atoms with Crippen molar-refractivity contribution in [2.45, 2.75) is 26.2 Å². The number of rotatable bonds is 8. The molecule has 0 aliphatic carbocycles. The van der Waals surface area contributed by atoms with Gasteiger partial charge in [0.15, 0.2) is 11.5 Å². The van der Waals surface area contributed by atoms with E-state index in [0.29, 0.717) is 11.5 Å². The van der Waals surface area contributed by atoms with Crippen molar-refractivity contribution in [3.8, 4) is 28.6 Å². The molecule has 1 aromatic heterocycles. The maximum absolute atomic E-state index is 5.75. The van der Waals surface area contributed by atoms with Crippen LogP contribution in [0, 0.1) is 0 Å². The molecule has 0 aliphatic rings. The first kappa shape index (κ1) is 17.1. The van der Waals surface area contributed by atoms with Crippen LogP contribution in [0.5, 0.6) is 17.2 Å². The summed E-state index contributed by atoms with van der Waals surface area (Å²) < 4.78 is 16.4. The van der Waals surface area contributed by atoms with Gasteiger partial charge in [-0.15, -0.1) is 0 Å². The third-order valence-electron chi connectivity index (χ3n) is 4.13. The minimum Gasteiger partial charge on any atom is -0.494 e. The molecule has 0 unspecified atom stereocenters. The second kappa shape index (κ2) is 7.92. The average Bonchev–Trinajstić information content (AvgIpc) is 3.07. The average molecular weight is 340 g/mol. The SMILES string of the molecule is CCCCCOc1ccc(-c2nc3cc(OC)c(OC)cc3[nH]2)cc1. The maximum atomic E-state index is 5.75. The van der Waals surface area contributed by atoms with Crippen molar-refractivity contribution in [1.29, 1.82) is 0 Å². The van der Waals surface area contributed by atoms with Crippen LogP contribution in [0.25, 0.3) is 22.4 Å². The second-order valence-electron chi connectivity index (χ2n) is 5.89. The van der Waals surface area contributed by atoms with Gasteiger partial charge in [0.25, 0.3) is 0 Å². The van der Waals surface area contributed by atoms with Gasteiger partial charge >= 0.3 is 0 Å². The van der Waals surface area contributed by atoms with Gasteiger partial charge in [-0.05, 0) is 30.7 Å². The summed E-state index contributed by atoms with van der Waals surface area (Å²) in [7, 11) is 3.25. The van der Waals surface area contributed by atoms with E-state index in [1.165, 1.54) is 12.8 Å². The van der Waals surface area contributed by atoms with Crippen molar-refractivity contribution in [2.75, 3.05) is 20.8 Å². The van der Waals surface area contributed by atoms with Crippen LogP contribution in [0.3, 0.4) is 0 Å². The molecular formula is C20H24N2O3. The molecule has 0 fully saturated rings. The highest BCUT2D eigenvalue weighted by atomic mass is 16.5. The van der Waals surface area contributed by atoms with Gasteiger partial charge in [-0.25, -0.2) is 4.98 Å². The first-order valence-corrected chi connectivity index (χ1v) is 8.60. The van der Waals surface area contributed by atoms with Gasteiger partial charge in [0.1, 0.15) is 11.6 Å². The second-order valence-corrected chi connectivity index (χ2v) is 5.89. The highest BCUT2D eigenvalue weighted by molar-refractivity contribution is 5.83. The lowest BCUT2D eigenvalue weighted by Crippen LogP contribution is -1.96. The van der Waals surface area contributed by atoms with Crippen LogP contribution in [0.15, 0.2) is 36.4 Å². The van der Waals surface area contributed by atoms with Crippen molar-refractivity contribution in [1.82, 2.24) is 9.97 Å². The number of methoxy groups -OCH3 is 2. The van der Waals surface area contributed by atoms with Crippen LogP contribution in [-0.4, -0.2) is 30.8 Å². The number of fused-ring (bicyclic) bond motifs is 1. The van der Waals surface area contributed by atoms with E-state index in [2.05, 4.69) is 16.9 Å². The lowest BCUT2D eigenvalue weighted by Gasteiger charge is -2.06. The van der Waals surface area contributed by atoms with Gasteiger partial charge in [0.05, 0.1) is 31.9 Å². The Balaban J connectivity index is 1.79. The van der Waals surface area contributed by atoms with Gasteiger partial charge in [0, 0.05) is 17.7 Å². The fraction of sp³-hybridized carbons (Fsp3) is 0.350. The fourth-order valence-corrected chi connectivity index (χ4v) is 2.72. The minimum absolute atomic E-state index is 0.670. The normalized spacial score (nSPS) is 10.8. The minimum atomic E-state index is 0.670. The summed E-state index contributed by atoms with van der Waals surface area (Å²) in [5.41, 5.74) is 2.76. The molecule has 132 valence electrons. The Morgan fingerprint density at radius 3 is 2.36 bits per heavy atom. The van der Waals surface area contributed by atoms with Crippen molar-refractivity contribution < 1.29 is 14.2 Å². The van der Waals surface area contributed by atoms with Crippen LogP contribution in [0.4, 0.5) is 0 Å². The Bertz CT molecular complexity index is 784. The molecule has 0 saturated heterocycles. The van der Waals surface area contributed by atoms with Crippen LogP contribution >= 0.6 is 0 Å². The maximum Gasteiger partial charge on any atom is 0.163 e. The Morgan fingerprint density at radius 1 is 0.960 bits per heavy atom. The van der Waals surface area contributed by atoms with Gasteiger partial charge < -0.3 is 19.2 Å². The molecule has 0 bridgehead atoms. The predicted octanol–water partition coefficient (Wildman–Crippen LogP) is 4.82. The number of aromatic nitrogens is 2. The highest BCUT2D eigenvalue weighted by Crippen LogP contribution is 2.32. The number of hydrogen-bond acceptors (Lipinski definition) is 4. The molecule has 0 radical (unpaired) electrons. The summed E-state index contributed by atoms with van der Waals surface area (Å²) in [5.74, 6) is 3.05. The number of aromatic amines is 1. The van der Waals surface area contributed by atoms with E-state index in [1.807, 2.05) is 36.4 Å². The van der Waals surface area contributed by atoms with E-state index in [4.69, 9.17) is 14.2 Å². The molecule has 1 N–H and O–H groups in total. The number of ether oxygens (including phenoxy) is 3. The molecule has 0 saturated carbocycles. The molecule has 3 rings (SSSR count). The molecule has 3 aromatic rings. The van der Waals surface area contributed by atoms with Crippen molar-refractivity contribution in [3.05, 3.63) is 36.4 Å². The lowest BCUT2D eigenvalue weighted by molar-refractivity contribution is 0.306. The summed E-state index contributed by atoms with van der Waals surface area (Å²) in [4.78, 5) is 7.98. The summed E-state index contributed by atoms with van der Waals surface area (Å²) in [5, 5.41) is 0. The molecule has 0 atom stereocenters. The van der Waals surface area contributed by atoms with E-state index in [1.54, 1.807) is 14.2 Å². The topological polar surface area (TPSA) is 56.4 Å². The summed E-state index contributed by atoms with van der Waals surface area (Å²) in [6.07, 6.45) is 3.49. The van der Waals surface area contributed by atoms with Gasteiger partial charge in [0.2, 0.25) is 0 Å². The first-order valence-electron chi connectivity index (χ1n) is 8.60. The lowest BCUT2D eigenvalue weighted by atomic mass is 10.2. The third kappa shape index (κ3) is 3.87. The zero-order chi connectivity index (χ0) is 17.6. The zero-order valence-corrected chi connectivity index (χ0v) is 15.0. The van der Waals surface area contributed by atoms with Crippen molar-refractivity contribution >= 4 is 11.0 Å². The predicted molar refractivity (Wildman–Crippen MR) is 99.7 cm³/mol. The fourth-order valence-electron chi connectivity index (χ4n) is 2.72. The summed E-state index contributed by atoms with van der Waals surface area (Å²) in [6, 6.07) is 11.8. The molecule has 0 amide bonds. The van der Waals surface area contributed by atoms with E-state index in [-0.39, 0.29) is 0 Å². The molecular weight excluding hydrogens is 316 g/mol. The third-order valence-corrected chi connectivity index (χ3v) is 4.13. The molecule has 5 nitrogen and oxygen atoms in total. The van der Waals surface area contributed by atoms with Crippen LogP contribution in [0.1, 0.15) is 26.2 Å². The smallest absolute Gasteiger partial charge is 0.163 e. The molecule has 2 aromatic carbocycles. The Labute approximate surface area is 147 Å². The quantitative estimate of drug-likeness (QED) is 0.598. The van der Waals surface area contributed by atoms with Crippen molar-refractivity contribution in [3.63, 3.8) is 0 Å². The van der Waals surface area contributed by atoms with E-state index < -0.39 is 0 Å². The molecule has 0 aliphatic heterocycles. The number of imidazole rings is 1. The number of H-pyrrole nitrogens is 1. The van der Waals surface area contributed by atoms with Crippen LogP contribution in [0.2, 0.25) is 0 Å². The monoisotopic (exact) mass is 340 g/mol. The number of nitrogens with zero attached hydrogens (tertiary/aromatic N) is 1. The molecule has 25 heavy (non-hydrogen) atoms. The van der Waals surface area contributed by atoms with E-state index in [0.717, 1.165) is 41.2 Å². The number of unbranched alkanes of at least 4 members (excludes halogenated alkanes) is 2. The van der Waals surface area contributed by atoms with Crippen molar-refractivity contribution in [2.24, 2.45) is 0 Å². The largest absolute Gasteiger partial charge is 0.494 e. The Morgan fingerprint density at radius 2 is 1.68 bits per heavy atom. The zero-order valence-electron chi connectivity index (χ0n) is 15.0. The summed E-state index contributed by atoms with van der Waals surface area (Å²) >= 11 is 0. The Hall–Kier alpha value is -2.69. The first-order chi connectivity index (χ1) is 12.2. The van der Waals surface area contributed by atoms with Gasteiger partial charge in [-0.3, -0.25) is 0 Å². The summed E-state index contributed by atoms with van der Waals surface area (Å²) in [6.45, 7) is 2.95. The Kier molecular flexibility index (Phi) is 5.43.